The van der Waals surface area contributed by atoms with Crippen LogP contribution in [0.3, 0.4) is 0 Å². The molecule has 10 heteroatoms. The van der Waals surface area contributed by atoms with Crippen molar-refractivity contribution in [1.29, 1.82) is 0 Å². The highest BCUT2D eigenvalue weighted by Gasteiger charge is 2.35. The van der Waals surface area contributed by atoms with Gasteiger partial charge in [0.05, 0.1) is 11.4 Å². The van der Waals surface area contributed by atoms with E-state index in [4.69, 9.17) is 8.92 Å². The molecule has 1 saturated heterocycles. The fraction of sp³-hybridized carbons (Fsp3) is 0.214. The molecule has 1 fully saturated rings. The van der Waals surface area contributed by atoms with E-state index in [1.165, 1.54) is 24.3 Å². The molecule has 38 heavy (non-hydrogen) atoms. The molecule has 198 valence electrons. The Morgan fingerprint density at radius 3 is 2.45 bits per heavy atom. The predicted molar refractivity (Wildman–Crippen MR) is 152 cm³/mol. The van der Waals surface area contributed by atoms with Gasteiger partial charge in [0.15, 0.2) is 0 Å². The van der Waals surface area contributed by atoms with E-state index in [-0.39, 0.29) is 34.6 Å². The molecule has 0 N–H and O–H groups in total. The summed E-state index contributed by atoms with van der Waals surface area (Å²) >= 11 is 4.15. The van der Waals surface area contributed by atoms with E-state index in [2.05, 4.69) is 29.8 Å². The second-order valence-corrected chi connectivity index (χ2v) is 12.4. The standard InChI is InChI=1S/C28H26BrNO6S2/c1-18(2)23-11-9-19(3)15-25(23)35-14-13-30-27(31)26(37-28(30)32)17-20-16-21(29)10-12-24(20)36-38(33,34)22-7-5-4-6-8-22/h4-12,15-18H,13-14H2,1-3H3/b26-17-. The van der Waals surface area contributed by atoms with Crippen molar-refractivity contribution in [2.24, 2.45) is 0 Å². The molecule has 3 aromatic carbocycles. The maximum Gasteiger partial charge on any atom is 0.339 e. The molecule has 0 aromatic heterocycles. The number of nitrogens with zero attached hydrogens (tertiary/aromatic N) is 1. The third-order valence-corrected chi connectivity index (χ3v) is 8.38. The number of carbonyl (C=O) groups is 2. The van der Waals surface area contributed by atoms with E-state index in [9.17, 15) is 18.0 Å². The lowest BCUT2D eigenvalue weighted by atomic mass is 10.0. The number of rotatable bonds is 9. The summed E-state index contributed by atoms with van der Waals surface area (Å²) in [7, 11) is -4.10. The molecule has 1 aliphatic heterocycles. The number of thioether (sulfide) groups is 1. The van der Waals surface area contributed by atoms with Crippen LogP contribution in [-0.4, -0.2) is 37.6 Å². The summed E-state index contributed by atoms with van der Waals surface area (Å²) < 4.78 is 37.5. The van der Waals surface area contributed by atoms with Crippen molar-refractivity contribution >= 4 is 55.0 Å². The lowest BCUT2D eigenvalue weighted by Crippen LogP contribution is -2.32. The van der Waals surface area contributed by atoms with E-state index in [0.717, 1.165) is 33.5 Å². The predicted octanol–water partition coefficient (Wildman–Crippen LogP) is 6.76. The number of carbonyl (C=O) groups excluding carboxylic acids is 2. The van der Waals surface area contributed by atoms with Crippen molar-refractivity contribution in [3.63, 3.8) is 0 Å². The van der Waals surface area contributed by atoms with Crippen LogP contribution in [0.15, 0.2) is 81.0 Å². The second kappa shape index (κ2) is 11.8. The summed E-state index contributed by atoms with van der Waals surface area (Å²) in [5.41, 5.74) is 2.44. The molecule has 1 aliphatic rings. The average molecular weight is 617 g/mol. The van der Waals surface area contributed by atoms with E-state index in [1.54, 1.807) is 30.3 Å². The van der Waals surface area contributed by atoms with Gasteiger partial charge in [-0.1, -0.05) is 60.1 Å². The Bertz CT molecular complexity index is 1500. The molecule has 1 heterocycles. The third kappa shape index (κ3) is 6.48. The number of ether oxygens (including phenoxy) is 1. The van der Waals surface area contributed by atoms with Crippen molar-refractivity contribution < 1.29 is 26.9 Å². The fourth-order valence-electron chi connectivity index (χ4n) is 3.79. The second-order valence-electron chi connectivity index (χ2n) is 8.91. The quantitative estimate of drug-likeness (QED) is 0.194. The van der Waals surface area contributed by atoms with Gasteiger partial charge in [0, 0.05) is 10.0 Å². The first-order valence-electron chi connectivity index (χ1n) is 11.8. The molecule has 0 saturated carbocycles. The van der Waals surface area contributed by atoms with Gasteiger partial charge in [-0.3, -0.25) is 14.5 Å². The zero-order valence-electron chi connectivity index (χ0n) is 21.0. The minimum Gasteiger partial charge on any atom is -0.491 e. The minimum atomic E-state index is -4.10. The van der Waals surface area contributed by atoms with Gasteiger partial charge in [-0.2, -0.15) is 8.42 Å². The number of amides is 2. The summed E-state index contributed by atoms with van der Waals surface area (Å²) in [5.74, 6) is 0.553. The number of hydrogen-bond donors (Lipinski definition) is 0. The summed E-state index contributed by atoms with van der Waals surface area (Å²) in [4.78, 5) is 27.0. The van der Waals surface area contributed by atoms with Crippen molar-refractivity contribution in [3.8, 4) is 11.5 Å². The third-order valence-electron chi connectivity index (χ3n) is 5.73. The van der Waals surface area contributed by atoms with E-state index in [1.807, 2.05) is 25.1 Å². The van der Waals surface area contributed by atoms with E-state index in [0.29, 0.717) is 10.0 Å². The molecule has 0 bridgehead atoms. The minimum absolute atomic E-state index is 0.00317. The van der Waals surface area contributed by atoms with Crippen LogP contribution in [0.5, 0.6) is 11.5 Å². The Morgan fingerprint density at radius 2 is 1.74 bits per heavy atom. The maximum absolute atomic E-state index is 13.1. The highest BCUT2D eigenvalue weighted by Crippen LogP contribution is 2.36. The van der Waals surface area contributed by atoms with Gasteiger partial charge in [-0.15, -0.1) is 0 Å². The average Bonchev–Trinajstić information content (AvgIpc) is 3.13. The fourth-order valence-corrected chi connectivity index (χ4v) is 6.00. The van der Waals surface area contributed by atoms with Gasteiger partial charge < -0.3 is 8.92 Å². The maximum atomic E-state index is 13.1. The highest BCUT2D eigenvalue weighted by molar-refractivity contribution is 9.10. The Morgan fingerprint density at radius 1 is 1.00 bits per heavy atom. The largest absolute Gasteiger partial charge is 0.491 e. The topological polar surface area (TPSA) is 90.0 Å². The molecule has 7 nitrogen and oxygen atoms in total. The van der Waals surface area contributed by atoms with Crippen molar-refractivity contribution in [1.82, 2.24) is 4.90 Å². The molecule has 0 aliphatic carbocycles. The van der Waals surface area contributed by atoms with Crippen LogP contribution in [-0.2, 0) is 14.9 Å². The molecule has 4 rings (SSSR count). The highest BCUT2D eigenvalue weighted by atomic mass is 79.9. The first-order valence-corrected chi connectivity index (χ1v) is 14.8. The molecule has 3 aromatic rings. The SMILES string of the molecule is Cc1ccc(C(C)C)c(OCCN2C(=O)S/C(=C\c3cc(Br)ccc3OS(=O)(=O)c3ccccc3)C2=O)c1. The van der Waals surface area contributed by atoms with Crippen LogP contribution < -0.4 is 8.92 Å². The Hall–Kier alpha value is -3.08. The van der Waals surface area contributed by atoms with Crippen molar-refractivity contribution in [2.75, 3.05) is 13.2 Å². The number of imide groups is 1. The van der Waals surface area contributed by atoms with Gasteiger partial charge in [-0.05, 0) is 78.2 Å². The molecule has 0 radical (unpaired) electrons. The zero-order valence-corrected chi connectivity index (χ0v) is 24.2. The van der Waals surface area contributed by atoms with Crippen LogP contribution >= 0.6 is 27.7 Å². The van der Waals surface area contributed by atoms with Crippen LogP contribution in [0.4, 0.5) is 4.79 Å². The smallest absolute Gasteiger partial charge is 0.339 e. The summed E-state index contributed by atoms with van der Waals surface area (Å²) in [6.07, 6.45) is 1.46. The first-order chi connectivity index (χ1) is 18.0. The monoisotopic (exact) mass is 615 g/mol. The van der Waals surface area contributed by atoms with Gasteiger partial charge in [-0.25, -0.2) is 0 Å². The van der Waals surface area contributed by atoms with Crippen LogP contribution in [0.25, 0.3) is 6.08 Å². The number of hydrogen-bond acceptors (Lipinski definition) is 7. The lowest BCUT2D eigenvalue weighted by molar-refractivity contribution is -0.123. The van der Waals surface area contributed by atoms with Gasteiger partial charge in [0.2, 0.25) is 0 Å². The molecular weight excluding hydrogens is 590 g/mol. The van der Waals surface area contributed by atoms with Gasteiger partial charge in [0.1, 0.15) is 23.0 Å². The molecule has 2 amide bonds. The number of halogens is 1. The first kappa shape index (κ1) is 27.9. The molecule has 0 atom stereocenters. The van der Waals surface area contributed by atoms with Gasteiger partial charge in [0.25, 0.3) is 11.1 Å². The summed E-state index contributed by atoms with van der Waals surface area (Å²) in [6.45, 7) is 6.35. The molecule has 0 unspecified atom stereocenters. The Balaban J connectivity index is 1.51. The molecule has 0 spiro atoms. The summed E-state index contributed by atoms with van der Waals surface area (Å²) in [5, 5.41) is -0.424. The van der Waals surface area contributed by atoms with Crippen LogP contribution in [0.2, 0.25) is 0 Å². The van der Waals surface area contributed by atoms with Gasteiger partial charge >= 0.3 is 10.1 Å². The lowest BCUT2D eigenvalue weighted by Gasteiger charge is -2.17. The normalized spacial score (nSPS) is 15.0. The van der Waals surface area contributed by atoms with Crippen molar-refractivity contribution in [2.45, 2.75) is 31.6 Å². The van der Waals surface area contributed by atoms with Crippen LogP contribution in [0.1, 0.15) is 36.5 Å². The zero-order chi connectivity index (χ0) is 27.4. The molecular formula is C28H26BrNO6S2. The summed E-state index contributed by atoms with van der Waals surface area (Å²) in [6, 6.07) is 18.5. The van der Waals surface area contributed by atoms with Crippen molar-refractivity contribution in [3.05, 3.63) is 92.8 Å². The Kier molecular flexibility index (Phi) is 8.64. The van der Waals surface area contributed by atoms with E-state index < -0.39 is 21.3 Å². The van der Waals surface area contributed by atoms with E-state index >= 15 is 0 Å². The number of aryl methyl sites for hydroxylation is 1. The number of benzene rings is 3. The Labute approximate surface area is 235 Å². The van der Waals surface area contributed by atoms with Crippen LogP contribution in [0, 0.1) is 6.92 Å².